The molecule has 1 fully saturated rings. The lowest BCUT2D eigenvalue weighted by atomic mass is 10.0. The maximum absolute atomic E-state index is 13.3. The van der Waals surface area contributed by atoms with Gasteiger partial charge in [-0.1, -0.05) is 6.07 Å². The molecule has 2 aromatic rings. The van der Waals surface area contributed by atoms with Crippen molar-refractivity contribution < 1.29 is 23.6 Å². The fraction of sp³-hybridized carbons (Fsp3) is 0.350. The molecule has 1 unspecified atom stereocenters. The molecule has 4 rings (SSSR count). The zero-order chi connectivity index (χ0) is 17.9. The number of rotatable bonds is 4. The number of ether oxygens (including phenoxy) is 2. The zero-order valence-corrected chi connectivity index (χ0v) is 14.5. The van der Waals surface area contributed by atoms with E-state index in [-0.39, 0.29) is 17.8 Å². The summed E-state index contributed by atoms with van der Waals surface area (Å²) < 4.78 is 24.5. The van der Waals surface area contributed by atoms with Crippen molar-refractivity contribution in [1.82, 2.24) is 0 Å². The van der Waals surface area contributed by atoms with Gasteiger partial charge in [-0.3, -0.25) is 4.79 Å². The van der Waals surface area contributed by atoms with Crippen molar-refractivity contribution in [3.05, 3.63) is 53.8 Å². The van der Waals surface area contributed by atoms with Gasteiger partial charge >= 0.3 is 0 Å². The summed E-state index contributed by atoms with van der Waals surface area (Å²) in [4.78, 5) is 13.6. The average Bonchev–Trinajstić information content (AvgIpc) is 3.09. The highest BCUT2D eigenvalue weighted by atomic mass is 19.1. The summed E-state index contributed by atoms with van der Waals surface area (Å²) in [7, 11) is 0. The number of benzene rings is 2. The van der Waals surface area contributed by atoms with Gasteiger partial charge in [0, 0.05) is 24.1 Å². The molecule has 1 amide bonds. The van der Waals surface area contributed by atoms with E-state index in [1.807, 2.05) is 12.1 Å². The Labute approximate surface area is 151 Å². The molecule has 5 nitrogen and oxygen atoms in total. The van der Waals surface area contributed by atoms with E-state index in [1.165, 1.54) is 22.6 Å². The van der Waals surface area contributed by atoms with Crippen LogP contribution in [0.3, 0.4) is 0 Å². The maximum Gasteiger partial charge on any atom is 0.279 e. The van der Waals surface area contributed by atoms with Crippen molar-refractivity contribution in [2.45, 2.75) is 18.9 Å². The molecule has 2 aliphatic rings. The van der Waals surface area contributed by atoms with E-state index < -0.39 is 0 Å². The number of quaternary nitrogens is 1. The van der Waals surface area contributed by atoms with Gasteiger partial charge in [0.25, 0.3) is 5.91 Å². The number of halogens is 1. The number of carbonyl (C=O) groups is 1. The first-order valence-electron chi connectivity index (χ1n) is 8.98. The van der Waals surface area contributed by atoms with Crippen LogP contribution in [-0.2, 0) is 4.79 Å². The van der Waals surface area contributed by atoms with Gasteiger partial charge in [-0.15, -0.1) is 0 Å². The molecule has 2 atom stereocenters. The summed E-state index contributed by atoms with van der Waals surface area (Å²) in [5.41, 5.74) is 1.66. The van der Waals surface area contributed by atoms with Crippen molar-refractivity contribution in [2.75, 3.05) is 31.6 Å². The quantitative estimate of drug-likeness (QED) is 0.880. The van der Waals surface area contributed by atoms with Gasteiger partial charge in [0.1, 0.15) is 25.1 Å². The Balaban J connectivity index is 1.44. The molecule has 2 heterocycles. The molecule has 0 saturated carbocycles. The molecular weight excluding hydrogens is 335 g/mol. The van der Waals surface area contributed by atoms with E-state index in [2.05, 4.69) is 11.4 Å². The Morgan fingerprint density at radius 2 is 2.00 bits per heavy atom. The molecule has 0 radical (unpaired) electrons. The van der Waals surface area contributed by atoms with Crippen LogP contribution in [-0.4, -0.2) is 32.2 Å². The average molecular weight is 357 g/mol. The van der Waals surface area contributed by atoms with Crippen molar-refractivity contribution in [1.29, 1.82) is 0 Å². The third-order valence-electron chi connectivity index (χ3n) is 4.95. The van der Waals surface area contributed by atoms with Gasteiger partial charge in [-0.25, -0.2) is 4.39 Å². The van der Waals surface area contributed by atoms with Crippen LogP contribution in [0.4, 0.5) is 10.1 Å². The van der Waals surface area contributed by atoms with Gasteiger partial charge < -0.3 is 19.7 Å². The fourth-order valence-corrected chi connectivity index (χ4v) is 3.78. The number of nitrogens with one attached hydrogen (secondary N) is 2. The molecule has 26 heavy (non-hydrogen) atoms. The second kappa shape index (κ2) is 7.33. The molecule has 0 spiro atoms. The van der Waals surface area contributed by atoms with Crippen LogP contribution >= 0.6 is 0 Å². The van der Waals surface area contributed by atoms with E-state index >= 15 is 0 Å². The van der Waals surface area contributed by atoms with Crippen LogP contribution in [0, 0.1) is 5.82 Å². The molecular formula is C20H22FN2O3+. The van der Waals surface area contributed by atoms with E-state index in [0.717, 1.165) is 30.9 Å². The first-order chi connectivity index (χ1) is 12.7. The minimum Gasteiger partial charge on any atom is -0.486 e. The zero-order valence-electron chi connectivity index (χ0n) is 14.5. The summed E-state index contributed by atoms with van der Waals surface area (Å²) in [5, 5.41) is 2.79. The molecule has 2 aromatic carbocycles. The maximum atomic E-state index is 13.3. The van der Waals surface area contributed by atoms with Gasteiger partial charge in [0.2, 0.25) is 0 Å². The van der Waals surface area contributed by atoms with E-state index in [1.54, 1.807) is 12.1 Å². The molecule has 136 valence electrons. The molecule has 2 aliphatic heterocycles. The summed E-state index contributed by atoms with van der Waals surface area (Å²) in [5.74, 6) is 1.10. The molecule has 0 bridgehead atoms. The lowest BCUT2D eigenvalue weighted by Crippen LogP contribution is -3.11. The van der Waals surface area contributed by atoms with Gasteiger partial charge in [-0.05, 0) is 36.4 Å². The van der Waals surface area contributed by atoms with Crippen LogP contribution in [0.5, 0.6) is 11.5 Å². The number of anilines is 1. The standard InChI is InChI=1S/C20H21FN2O3/c21-15-3-1-4-16(12-15)22-20(24)13-23-8-2-5-17(23)14-6-7-18-19(11-14)26-10-9-25-18/h1,3-4,6-7,11-12,17H,2,5,8-10,13H2,(H,22,24)/p+1/t17-/m0/s1. The van der Waals surface area contributed by atoms with Crippen LogP contribution in [0.2, 0.25) is 0 Å². The minimum absolute atomic E-state index is 0.102. The Kier molecular flexibility index (Phi) is 4.75. The number of hydrogen-bond donors (Lipinski definition) is 2. The molecule has 0 aliphatic carbocycles. The minimum atomic E-state index is -0.356. The second-order valence-corrected chi connectivity index (χ2v) is 6.74. The normalized spacial score (nSPS) is 21.4. The van der Waals surface area contributed by atoms with Gasteiger partial charge in [0.05, 0.1) is 6.54 Å². The predicted octanol–water partition coefficient (Wildman–Crippen LogP) is 1.96. The lowest BCUT2D eigenvalue weighted by molar-refractivity contribution is -0.910. The van der Waals surface area contributed by atoms with Crippen molar-refractivity contribution >= 4 is 11.6 Å². The third-order valence-corrected chi connectivity index (χ3v) is 4.95. The van der Waals surface area contributed by atoms with E-state index in [0.29, 0.717) is 25.4 Å². The summed E-state index contributed by atoms with van der Waals surface area (Å²) in [6.07, 6.45) is 2.10. The number of amides is 1. The van der Waals surface area contributed by atoms with Crippen LogP contribution in [0.15, 0.2) is 42.5 Å². The molecule has 6 heteroatoms. The van der Waals surface area contributed by atoms with Crippen LogP contribution in [0.1, 0.15) is 24.4 Å². The van der Waals surface area contributed by atoms with Crippen LogP contribution in [0.25, 0.3) is 0 Å². The third kappa shape index (κ3) is 3.65. The van der Waals surface area contributed by atoms with Crippen molar-refractivity contribution in [3.8, 4) is 11.5 Å². The Morgan fingerprint density at radius 1 is 1.15 bits per heavy atom. The summed E-state index contributed by atoms with van der Waals surface area (Å²) >= 11 is 0. The monoisotopic (exact) mass is 357 g/mol. The van der Waals surface area contributed by atoms with Gasteiger partial charge in [-0.2, -0.15) is 0 Å². The number of fused-ring (bicyclic) bond motifs is 1. The number of likely N-dealkylation sites (tertiary alicyclic amines) is 1. The first kappa shape index (κ1) is 16.8. The number of hydrogen-bond acceptors (Lipinski definition) is 3. The largest absolute Gasteiger partial charge is 0.486 e. The van der Waals surface area contributed by atoms with E-state index in [4.69, 9.17) is 9.47 Å². The van der Waals surface area contributed by atoms with Crippen molar-refractivity contribution in [3.63, 3.8) is 0 Å². The highest BCUT2D eigenvalue weighted by Gasteiger charge is 2.32. The summed E-state index contributed by atoms with van der Waals surface area (Å²) in [6, 6.07) is 12.3. The highest BCUT2D eigenvalue weighted by molar-refractivity contribution is 5.91. The van der Waals surface area contributed by atoms with Gasteiger partial charge in [0.15, 0.2) is 18.0 Å². The molecule has 1 saturated heterocycles. The fourth-order valence-electron chi connectivity index (χ4n) is 3.78. The summed E-state index contributed by atoms with van der Waals surface area (Å²) in [6.45, 7) is 2.44. The van der Waals surface area contributed by atoms with E-state index in [9.17, 15) is 9.18 Å². The second-order valence-electron chi connectivity index (χ2n) is 6.74. The Morgan fingerprint density at radius 3 is 2.85 bits per heavy atom. The highest BCUT2D eigenvalue weighted by Crippen LogP contribution is 2.33. The topological polar surface area (TPSA) is 52.0 Å². The molecule has 0 aromatic heterocycles. The Hall–Kier alpha value is -2.60. The van der Waals surface area contributed by atoms with Crippen LogP contribution < -0.4 is 19.7 Å². The lowest BCUT2D eigenvalue weighted by Gasteiger charge is -2.24. The predicted molar refractivity (Wildman–Crippen MR) is 95.1 cm³/mol. The molecule has 2 N–H and O–H groups in total. The SMILES string of the molecule is O=C(C[NH+]1CCC[C@H]1c1ccc2c(c1)OCCO2)Nc1cccc(F)c1. The Bertz CT molecular complexity index is 811. The van der Waals surface area contributed by atoms with Crippen molar-refractivity contribution in [2.24, 2.45) is 0 Å². The number of carbonyl (C=O) groups excluding carboxylic acids is 1. The first-order valence-corrected chi connectivity index (χ1v) is 8.98. The smallest absolute Gasteiger partial charge is 0.279 e.